The third-order valence-corrected chi connectivity index (χ3v) is 5.09. The molecule has 5 nitrogen and oxygen atoms in total. The molecule has 1 fully saturated rings. The average Bonchev–Trinajstić information content (AvgIpc) is 2.99. The summed E-state index contributed by atoms with van der Waals surface area (Å²) >= 11 is 0. The molecule has 2 atom stereocenters. The molecule has 0 saturated carbocycles. The van der Waals surface area contributed by atoms with Gasteiger partial charge in [0.2, 0.25) is 10.0 Å². The third kappa shape index (κ3) is 4.29. The van der Waals surface area contributed by atoms with Crippen LogP contribution in [0.25, 0.3) is 0 Å². The zero-order valence-corrected chi connectivity index (χ0v) is 12.8. The molecule has 1 heterocycles. The van der Waals surface area contributed by atoms with Gasteiger partial charge < -0.3 is 10.5 Å². The molecular weight excluding hydrogens is 288 g/mol. The first kappa shape index (κ1) is 16.0. The Bertz CT molecular complexity index is 623. The van der Waals surface area contributed by atoms with E-state index in [-0.39, 0.29) is 23.4 Å². The molecule has 0 aromatic heterocycles. The number of ether oxygens (including phenoxy) is 1. The van der Waals surface area contributed by atoms with Gasteiger partial charge in [-0.2, -0.15) is 0 Å². The van der Waals surface area contributed by atoms with Crippen LogP contribution < -0.4 is 10.5 Å². The molecule has 0 spiro atoms. The molecule has 2 rings (SSSR count). The monoisotopic (exact) mass is 308 g/mol. The minimum atomic E-state index is -3.51. The van der Waals surface area contributed by atoms with E-state index in [4.69, 9.17) is 10.5 Å². The van der Waals surface area contributed by atoms with Gasteiger partial charge in [-0.25, -0.2) is 13.1 Å². The van der Waals surface area contributed by atoms with Gasteiger partial charge in [-0.3, -0.25) is 0 Å². The van der Waals surface area contributed by atoms with Crippen molar-refractivity contribution in [2.24, 2.45) is 11.7 Å². The second-order valence-corrected chi connectivity index (χ2v) is 6.78. The van der Waals surface area contributed by atoms with Crippen LogP contribution in [-0.2, 0) is 14.8 Å². The Labute approximate surface area is 125 Å². The van der Waals surface area contributed by atoms with Crippen LogP contribution in [0.2, 0.25) is 0 Å². The van der Waals surface area contributed by atoms with E-state index in [0.717, 1.165) is 12.0 Å². The van der Waals surface area contributed by atoms with Crippen molar-refractivity contribution in [2.45, 2.75) is 24.3 Å². The SMILES string of the molecule is CC(NS(=O)(=O)c1ccc(C#CCN)cc1)C1CCOC1. The highest BCUT2D eigenvalue weighted by Gasteiger charge is 2.26. The summed E-state index contributed by atoms with van der Waals surface area (Å²) in [5, 5.41) is 0. The van der Waals surface area contributed by atoms with Crippen LogP contribution >= 0.6 is 0 Å². The predicted octanol–water partition coefficient (Wildman–Crippen LogP) is 0.700. The minimum Gasteiger partial charge on any atom is -0.381 e. The topological polar surface area (TPSA) is 81.4 Å². The number of benzene rings is 1. The molecule has 21 heavy (non-hydrogen) atoms. The highest BCUT2D eigenvalue weighted by molar-refractivity contribution is 7.89. The number of sulfonamides is 1. The van der Waals surface area contributed by atoms with Crippen molar-refractivity contribution in [1.29, 1.82) is 0 Å². The van der Waals surface area contributed by atoms with Gasteiger partial charge in [-0.1, -0.05) is 11.8 Å². The van der Waals surface area contributed by atoms with Crippen molar-refractivity contribution >= 4 is 10.0 Å². The van der Waals surface area contributed by atoms with Crippen LogP contribution in [0.15, 0.2) is 29.2 Å². The summed E-state index contributed by atoms with van der Waals surface area (Å²) in [6.45, 7) is 3.46. The molecule has 2 unspecified atom stereocenters. The normalized spacial score (nSPS) is 19.8. The summed E-state index contributed by atoms with van der Waals surface area (Å²) in [6.07, 6.45) is 0.886. The Morgan fingerprint density at radius 2 is 2.14 bits per heavy atom. The van der Waals surface area contributed by atoms with Crippen molar-refractivity contribution in [1.82, 2.24) is 4.72 Å². The lowest BCUT2D eigenvalue weighted by atomic mass is 10.0. The number of nitrogens with one attached hydrogen (secondary N) is 1. The molecule has 0 amide bonds. The van der Waals surface area contributed by atoms with E-state index in [0.29, 0.717) is 13.2 Å². The van der Waals surface area contributed by atoms with Gasteiger partial charge in [0.1, 0.15) is 0 Å². The first-order valence-electron chi connectivity index (χ1n) is 6.92. The van der Waals surface area contributed by atoms with Gasteiger partial charge in [0.15, 0.2) is 0 Å². The van der Waals surface area contributed by atoms with Crippen molar-refractivity contribution in [2.75, 3.05) is 19.8 Å². The second kappa shape index (κ2) is 7.05. The van der Waals surface area contributed by atoms with E-state index in [2.05, 4.69) is 16.6 Å². The lowest BCUT2D eigenvalue weighted by molar-refractivity contribution is 0.180. The highest BCUT2D eigenvalue weighted by Crippen LogP contribution is 2.19. The standard InChI is InChI=1S/C15H20N2O3S/c1-12(14-8-10-20-11-14)17-21(18,19)15-6-4-13(5-7-15)3-2-9-16/h4-7,12,14,17H,8-11,16H2,1H3. The summed E-state index contributed by atoms with van der Waals surface area (Å²) in [5.41, 5.74) is 6.05. The lowest BCUT2D eigenvalue weighted by Crippen LogP contribution is -2.38. The molecule has 1 aromatic carbocycles. The van der Waals surface area contributed by atoms with Gasteiger partial charge in [0.25, 0.3) is 0 Å². The summed E-state index contributed by atoms with van der Waals surface area (Å²) < 4.78 is 32.6. The van der Waals surface area contributed by atoms with Gasteiger partial charge in [0.05, 0.1) is 18.0 Å². The van der Waals surface area contributed by atoms with Crippen molar-refractivity contribution in [3.05, 3.63) is 29.8 Å². The summed E-state index contributed by atoms with van der Waals surface area (Å²) in [7, 11) is -3.51. The predicted molar refractivity (Wildman–Crippen MR) is 81.1 cm³/mol. The van der Waals surface area contributed by atoms with E-state index in [1.807, 2.05) is 6.92 Å². The minimum absolute atomic E-state index is 0.144. The van der Waals surface area contributed by atoms with Crippen LogP contribution in [0.4, 0.5) is 0 Å². The third-order valence-electron chi connectivity index (χ3n) is 3.51. The maximum atomic E-state index is 12.3. The zero-order chi connectivity index (χ0) is 15.3. The van der Waals surface area contributed by atoms with Crippen LogP contribution in [0.3, 0.4) is 0 Å². The van der Waals surface area contributed by atoms with E-state index >= 15 is 0 Å². The summed E-state index contributed by atoms with van der Waals surface area (Å²) in [5.74, 6) is 5.82. The molecule has 114 valence electrons. The number of hydrogen-bond acceptors (Lipinski definition) is 4. The molecule has 0 radical (unpaired) electrons. The Balaban J connectivity index is 2.08. The molecule has 3 N–H and O–H groups in total. The van der Waals surface area contributed by atoms with E-state index in [1.165, 1.54) is 0 Å². The Hall–Kier alpha value is -1.39. The molecule has 1 saturated heterocycles. The van der Waals surface area contributed by atoms with Crippen LogP contribution in [0.1, 0.15) is 18.9 Å². The fourth-order valence-electron chi connectivity index (χ4n) is 2.23. The molecule has 1 aliphatic rings. The first-order chi connectivity index (χ1) is 10.0. The highest BCUT2D eigenvalue weighted by atomic mass is 32.2. The quantitative estimate of drug-likeness (QED) is 0.802. The maximum absolute atomic E-state index is 12.3. The Kier molecular flexibility index (Phi) is 5.37. The van der Waals surface area contributed by atoms with Gasteiger partial charge in [0, 0.05) is 24.1 Å². The van der Waals surface area contributed by atoms with Crippen LogP contribution in [0.5, 0.6) is 0 Å². The Morgan fingerprint density at radius 1 is 1.43 bits per heavy atom. The van der Waals surface area contributed by atoms with Crippen LogP contribution in [-0.4, -0.2) is 34.2 Å². The molecule has 0 aliphatic carbocycles. The maximum Gasteiger partial charge on any atom is 0.240 e. The molecule has 6 heteroatoms. The fraction of sp³-hybridized carbons (Fsp3) is 0.467. The zero-order valence-electron chi connectivity index (χ0n) is 12.0. The number of nitrogens with two attached hydrogens (primary N) is 1. The fourth-order valence-corrected chi connectivity index (χ4v) is 3.54. The molecule has 0 bridgehead atoms. The van der Waals surface area contributed by atoms with Crippen molar-refractivity contribution in [3.8, 4) is 11.8 Å². The van der Waals surface area contributed by atoms with Crippen LogP contribution in [0, 0.1) is 17.8 Å². The summed E-state index contributed by atoms with van der Waals surface area (Å²) in [6, 6.07) is 6.33. The van der Waals surface area contributed by atoms with E-state index in [9.17, 15) is 8.42 Å². The number of hydrogen-bond donors (Lipinski definition) is 2. The number of rotatable bonds is 4. The molecule has 1 aliphatic heterocycles. The molecular formula is C15H20N2O3S. The van der Waals surface area contributed by atoms with E-state index in [1.54, 1.807) is 24.3 Å². The second-order valence-electron chi connectivity index (χ2n) is 5.06. The lowest BCUT2D eigenvalue weighted by Gasteiger charge is -2.19. The molecule has 1 aromatic rings. The largest absolute Gasteiger partial charge is 0.381 e. The average molecular weight is 308 g/mol. The smallest absolute Gasteiger partial charge is 0.240 e. The van der Waals surface area contributed by atoms with Crippen molar-refractivity contribution < 1.29 is 13.2 Å². The van der Waals surface area contributed by atoms with Gasteiger partial charge in [-0.15, -0.1) is 0 Å². The van der Waals surface area contributed by atoms with Crippen molar-refractivity contribution in [3.63, 3.8) is 0 Å². The van der Waals surface area contributed by atoms with Gasteiger partial charge >= 0.3 is 0 Å². The first-order valence-corrected chi connectivity index (χ1v) is 8.40. The Morgan fingerprint density at radius 3 is 2.71 bits per heavy atom. The van der Waals surface area contributed by atoms with Gasteiger partial charge in [-0.05, 0) is 37.6 Å². The van der Waals surface area contributed by atoms with E-state index < -0.39 is 10.0 Å². The summed E-state index contributed by atoms with van der Waals surface area (Å²) in [4.78, 5) is 0.242.